The normalized spacial score (nSPS) is 9.50. The van der Waals surface area contributed by atoms with E-state index >= 15 is 0 Å². The van der Waals surface area contributed by atoms with Gasteiger partial charge in [0.2, 0.25) is 5.91 Å². The average Bonchev–Trinajstić information content (AvgIpc) is 2.19. The van der Waals surface area contributed by atoms with E-state index in [1.54, 1.807) is 24.3 Å². The summed E-state index contributed by atoms with van der Waals surface area (Å²) >= 11 is 0. The van der Waals surface area contributed by atoms with Crippen LogP contribution in [0, 0.1) is 0 Å². The molecular weight excluding hydrogens is 219 g/mol. The molecule has 0 spiro atoms. The van der Waals surface area contributed by atoms with E-state index in [0.29, 0.717) is 11.4 Å². The maximum absolute atomic E-state index is 11.1. The van der Waals surface area contributed by atoms with Crippen molar-refractivity contribution >= 4 is 52.8 Å². The van der Waals surface area contributed by atoms with Crippen LogP contribution in [0.4, 0.5) is 11.4 Å². The summed E-state index contributed by atoms with van der Waals surface area (Å²) in [5, 5.41) is 10.8. The topological polar surface area (TPSA) is 92.4 Å². The Hall–Kier alpha value is -1.30. The second kappa shape index (κ2) is 7.05. The first-order valence-corrected chi connectivity index (χ1v) is 4.15. The van der Waals surface area contributed by atoms with Gasteiger partial charge in [-0.15, -0.1) is 0 Å². The number of carboxylic acids is 1. The monoisotopic (exact) mass is 229 g/mol. The minimum Gasteiger partial charge on any atom is -0.478 e. The summed E-state index contributed by atoms with van der Waals surface area (Å²) < 4.78 is 0. The molecule has 0 aliphatic carbocycles. The molecule has 16 heavy (non-hydrogen) atoms. The summed E-state index contributed by atoms with van der Waals surface area (Å²) in [6, 6.07) is 6.52. The number of carboxylic acid groups (broad SMARTS) is 1. The van der Waals surface area contributed by atoms with Crippen LogP contribution in [0.1, 0.15) is 0 Å². The third-order valence-electron chi connectivity index (χ3n) is 1.56. The van der Waals surface area contributed by atoms with Crippen LogP contribution >= 0.6 is 0 Å². The molecule has 0 heterocycles. The average molecular weight is 229 g/mol. The molecular formula is C10H10N2NaO3. The van der Waals surface area contributed by atoms with Crippen molar-refractivity contribution in [2.75, 3.05) is 11.1 Å². The number of amides is 1. The number of carbonyl (C=O) groups excluding carboxylic acids is 1. The van der Waals surface area contributed by atoms with Gasteiger partial charge in [0.25, 0.3) is 0 Å². The number of anilines is 2. The number of benzene rings is 1. The van der Waals surface area contributed by atoms with Gasteiger partial charge in [0.05, 0.1) is 0 Å². The van der Waals surface area contributed by atoms with E-state index in [1.165, 1.54) is 0 Å². The van der Waals surface area contributed by atoms with E-state index in [1.807, 2.05) is 0 Å². The first-order chi connectivity index (χ1) is 7.08. The Bertz CT molecular complexity index is 401. The molecule has 1 aromatic carbocycles. The largest absolute Gasteiger partial charge is 0.478 e. The molecule has 1 rings (SSSR count). The molecule has 0 aliphatic heterocycles. The van der Waals surface area contributed by atoms with Crippen molar-refractivity contribution in [3.8, 4) is 0 Å². The van der Waals surface area contributed by atoms with E-state index < -0.39 is 11.9 Å². The Morgan fingerprint density at radius 1 is 1.19 bits per heavy atom. The molecule has 0 aromatic heterocycles. The molecule has 4 N–H and O–H groups in total. The van der Waals surface area contributed by atoms with Crippen molar-refractivity contribution in [2.45, 2.75) is 0 Å². The molecule has 0 saturated carbocycles. The summed E-state index contributed by atoms with van der Waals surface area (Å²) in [6.45, 7) is 0. The first kappa shape index (κ1) is 14.7. The summed E-state index contributed by atoms with van der Waals surface area (Å²) in [6.07, 6.45) is 1.71. The standard InChI is InChI=1S/C10H10N2O3.Na/c11-7-1-3-8(4-2-7)12-9(13)5-6-10(14)15;/h1-6H,11H2,(H,12,13)(H,14,15);. The van der Waals surface area contributed by atoms with Crippen molar-refractivity contribution in [1.29, 1.82) is 0 Å². The van der Waals surface area contributed by atoms with Crippen molar-refractivity contribution in [1.82, 2.24) is 0 Å². The van der Waals surface area contributed by atoms with Gasteiger partial charge in [-0.3, -0.25) is 4.79 Å². The van der Waals surface area contributed by atoms with Gasteiger partial charge in [-0.1, -0.05) is 0 Å². The van der Waals surface area contributed by atoms with Crippen LogP contribution in [-0.4, -0.2) is 46.5 Å². The maximum atomic E-state index is 11.1. The zero-order valence-electron chi connectivity index (χ0n) is 8.81. The van der Waals surface area contributed by atoms with Gasteiger partial charge in [0.1, 0.15) is 0 Å². The van der Waals surface area contributed by atoms with Crippen LogP contribution in [0.5, 0.6) is 0 Å². The van der Waals surface area contributed by atoms with Gasteiger partial charge in [-0.2, -0.15) is 0 Å². The van der Waals surface area contributed by atoms with Crippen molar-refractivity contribution in [3.63, 3.8) is 0 Å². The number of rotatable bonds is 3. The fourth-order valence-electron chi connectivity index (χ4n) is 0.897. The molecule has 0 unspecified atom stereocenters. The van der Waals surface area contributed by atoms with Crippen LogP contribution in [0.15, 0.2) is 36.4 Å². The number of aliphatic carboxylic acids is 1. The molecule has 5 nitrogen and oxygen atoms in total. The zero-order chi connectivity index (χ0) is 11.3. The minimum absolute atomic E-state index is 0. The van der Waals surface area contributed by atoms with E-state index in [2.05, 4.69) is 5.32 Å². The van der Waals surface area contributed by atoms with E-state index in [-0.39, 0.29) is 29.6 Å². The van der Waals surface area contributed by atoms with E-state index in [9.17, 15) is 9.59 Å². The second-order valence-electron chi connectivity index (χ2n) is 2.78. The van der Waals surface area contributed by atoms with Gasteiger partial charge in [-0.25, -0.2) is 4.79 Å². The van der Waals surface area contributed by atoms with Crippen LogP contribution < -0.4 is 11.1 Å². The van der Waals surface area contributed by atoms with Crippen LogP contribution in [0.2, 0.25) is 0 Å². The predicted octanol–water partition coefficient (Wildman–Crippen LogP) is 0.467. The molecule has 0 bridgehead atoms. The zero-order valence-corrected chi connectivity index (χ0v) is 10.8. The Kier molecular flexibility index (Phi) is 6.48. The Balaban J connectivity index is 0.00000225. The first-order valence-electron chi connectivity index (χ1n) is 4.15. The van der Waals surface area contributed by atoms with Gasteiger partial charge >= 0.3 is 5.97 Å². The molecule has 0 aliphatic rings. The Morgan fingerprint density at radius 2 is 1.75 bits per heavy atom. The van der Waals surface area contributed by atoms with Crippen molar-refractivity contribution < 1.29 is 14.7 Å². The Morgan fingerprint density at radius 3 is 2.25 bits per heavy atom. The van der Waals surface area contributed by atoms with Crippen LogP contribution in [-0.2, 0) is 9.59 Å². The van der Waals surface area contributed by atoms with E-state index in [4.69, 9.17) is 10.8 Å². The van der Waals surface area contributed by atoms with Gasteiger partial charge in [-0.05, 0) is 24.3 Å². The smallest absolute Gasteiger partial charge is 0.328 e. The van der Waals surface area contributed by atoms with Gasteiger partial charge < -0.3 is 16.2 Å². The van der Waals surface area contributed by atoms with Gasteiger partial charge in [0, 0.05) is 53.1 Å². The summed E-state index contributed by atoms with van der Waals surface area (Å²) in [7, 11) is 0. The molecule has 1 radical (unpaired) electrons. The molecule has 0 fully saturated rings. The number of nitrogen functional groups attached to an aromatic ring is 1. The number of hydrogen-bond donors (Lipinski definition) is 3. The predicted molar refractivity (Wildman–Crippen MR) is 62.0 cm³/mol. The van der Waals surface area contributed by atoms with Crippen molar-refractivity contribution in [2.24, 2.45) is 0 Å². The molecule has 0 saturated heterocycles. The minimum atomic E-state index is -1.16. The van der Waals surface area contributed by atoms with Crippen LogP contribution in [0.3, 0.4) is 0 Å². The van der Waals surface area contributed by atoms with E-state index in [0.717, 1.165) is 12.2 Å². The number of nitrogens with two attached hydrogens (primary N) is 1. The molecule has 6 heteroatoms. The van der Waals surface area contributed by atoms with Crippen LogP contribution in [0.25, 0.3) is 0 Å². The molecule has 79 valence electrons. The third kappa shape index (κ3) is 5.55. The Labute approximate surface area is 115 Å². The molecule has 0 atom stereocenters. The fraction of sp³-hybridized carbons (Fsp3) is 0. The fourth-order valence-corrected chi connectivity index (χ4v) is 0.897. The number of carbonyl (C=O) groups is 2. The third-order valence-corrected chi connectivity index (χ3v) is 1.56. The SMILES string of the molecule is Nc1ccc(NC(=O)C=CC(=O)O)cc1.[Na]. The second-order valence-corrected chi connectivity index (χ2v) is 2.78. The maximum Gasteiger partial charge on any atom is 0.328 e. The van der Waals surface area contributed by atoms with Gasteiger partial charge in [0.15, 0.2) is 0 Å². The summed E-state index contributed by atoms with van der Waals surface area (Å²) in [5.74, 6) is -1.66. The summed E-state index contributed by atoms with van der Waals surface area (Å²) in [4.78, 5) is 21.2. The quantitative estimate of drug-likeness (QED) is 0.399. The summed E-state index contributed by atoms with van der Waals surface area (Å²) in [5.41, 5.74) is 6.60. The molecule has 1 aromatic rings. The number of hydrogen-bond acceptors (Lipinski definition) is 3. The number of nitrogens with one attached hydrogen (secondary N) is 1. The van der Waals surface area contributed by atoms with Crippen molar-refractivity contribution in [3.05, 3.63) is 36.4 Å². The molecule has 1 amide bonds.